The summed E-state index contributed by atoms with van der Waals surface area (Å²) in [5, 5.41) is 3.81. The average Bonchev–Trinajstić information content (AvgIpc) is 2.74. The van der Waals surface area contributed by atoms with Gasteiger partial charge < -0.3 is 4.90 Å². The van der Waals surface area contributed by atoms with E-state index in [4.69, 9.17) is 0 Å². The van der Waals surface area contributed by atoms with Gasteiger partial charge in [0.05, 0.1) is 18.7 Å². The summed E-state index contributed by atoms with van der Waals surface area (Å²) < 4.78 is 38.6. The van der Waals surface area contributed by atoms with E-state index in [0.717, 1.165) is 16.6 Å². The van der Waals surface area contributed by atoms with E-state index in [-0.39, 0.29) is 5.91 Å². The molecule has 0 spiro atoms. The quantitative estimate of drug-likeness (QED) is 0.755. The lowest BCUT2D eigenvalue weighted by atomic mass is 10.1. The molecular weight excluding hydrogens is 363 g/mol. The smallest absolute Gasteiger partial charge is 0.305 e. The van der Waals surface area contributed by atoms with Crippen molar-refractivity contribution in [3.63, 3.8) is 0 Å². The molecule has 4 nitrogen and oxygen atoms in total. The summed E-state index contributed by atoms with van der Waals surface area (Å²) in [6.45, 7) is 1.65. The fraction of sp³-hybridized carbons (Fsp3) is 0.357. The van der Waals surface area contributed by atoms with Gasteiger partial charge in [-0.1, -0.05) is 15.9 Å². The molecule has 2 heterocycles. The zero-order valence-corrected chi connectivity index (χ0v) is 13.3. The standard InChI is InChI=1S/C14H13BrF3N3O/c1-19-8-11(15)12-13(22)20(6-7-21(12)19)10-4-2-9(3-5-10)14(16,17)18/h2-5H,6-8H2,1H3. The summed E-state index contributed by atoms with van der Waals surface area (Å²) in [5.41, 5.74) is 0.303. The van der Waals surface area contributed by atoms with E-state index in [9.17, 15) is 18.0 Å². The first-order valence-corrected chi connectivity index (χ1v) is 7.44. The number of likely N-dealkylation sites (N-methyl/N-ethyl adjacent to an activating group) is 1. The molecule has 1 amide bonds. The number of amides is 1. The Hall–Kier alpha value is -1.54. The van der Waals surface area contributed by atoms with Crippen molar-refractivity contribution in [2.24, 2.45) is 0 Å². The van der Waals surface area contributed by atoms with E-state index < -0.39 is 11.7 Å². The van der Waals surface area contributed by atoms with Crippen LogP contribution in [-0.4, -0.2) is 42.6 Å². The molecule has 3 rings (SSSR count). The third-order valence-corrected chi connectivity index (χ3v) is 4.41. The van der Waals surface area contributed by atoms with Crippen molar-refractivity contribution in [3.05, 3.63) is 40.0 Å². The minimum absolute atomic E-state index is 0.206. The van der Waals surface area contributed by atoms with Crippen LogP contribution in [-0.2, 0) is 11.0 Å². The molecule has 0 N–H and O–H groups in total. The number of nitrogens with zero attached hydrogens (tertiary/aromatic N) is 3. The summed E-state index contributed by atoms with van der Waals surface area (Å²) in [5.74, 6) is -0.206. The van der Waals surface area contributed by atoms with E-state index in [1.165, 1.54) is 17.0 Å². The van der Waals surface area contributed by atoms with Gasteiger partial charge in [-0.25, -0.2) is 5.01 Å². The van der Waals surface area contributed by atoms with Crippen molar-refractivity contribution in [3.8, 4) is 0 Å². The van der Waals surface area contributed by atoms with E-state index in [0.29, 0.717) is 31.0 Å². The van der Waals surface area contributed by atoms with Crippen LogP contribution >= 0.6 is 15.9 Å². The molecule has 0 unspecified atom stereocenters. The van der Waals surface area contributed by atoms with Crippen LogP contribution in [0, 0.1) is 0 Å². The van der Waals surface area contributed by atoms with E-state index in [1.807, 2.05) is 17.1 Å². The number of benzene rings is 1. The third-order valence-electron chi connectivity index (χ3n) is 3.78. The Labute approximate surface area is 133 Å². The van der Waals surface area contributed by atoms with E-state index in [2.05, 4.69) is 15.9 Å². The number of halogens is 4. The van der Waals surface area contributed by atoms with Gasteiger partial charge >= 0.3 is 6.18 Å². The summed E-state index contributed by atoms with van der Waals surface area (Å²) in [6, 6.07) is 4.67. The van der Waals surface area contributed by atoms with Crippen molar-refractivity contribution < 1.29 is 18.0 Å². The second-order valence-electron chi connectivity index (χ2n) is 5.19. The molecule has 8 heteroatoms. The van der Waals surface area contributed by atoms with Gasteiger partial charge in [-0.15, -0.1) is 0 Å². The van der Waals surface area contributed by atoms with Crippen molar-refractivity contribution in [2.45, 2.75) is 6.18 Å². The SMILES string of the molecule is CN1CC(Br)=C2C(=O)N(c3ccc(C(F)(F)F)cc3)CCN21. The van der Waals surface area contributed by atoms with Crippen molar-refractivity contribution in [1.82, 2.24) is 10.0 Å². The molecule has 0 aromatic heterocycles. The number of rotatable bonds is 1. The van der Waals surface area contributed by atoms with Gasteiger partial charge in [-0.05, 0) is 24.3 Å². The second kappa shape index (κ2) is 5.27. The van der Waals surface area contributed by atoms with Gasteiger partial charge in [-0.3, -0.25) is 9.80 Å². The van der Waals surface area contributed by atoms with Crippen LogP contribution in [0.2, 0.25) is 0 Å². The largest absolute Gasteiger partial charge is 0.416 e. The molecule has 0 atom stereocenters. The summed E-state index contributed by atoms with van der Waals surface area (Å²) in [6.07, 6.45) is -4.37. The van der Waals surface area contributed by atoms with Crippen LogP contribution in [0.4, 0.5) is 18.9 Å². The molecule has 2 aliphatic rings. The minimum atomic E-state index is -4.37. The molecule has 0 bridgehead atoms. The molecule has 22 heavy (non-hydrogen) atoms. The lowest BCUT2D eigenvalue weighted by Gasteiger charge is -2.37. The Morgan fingerprint density at radius 3 is 2.36 bits per heavy atom. The molecule has 118 valence electrons. The van der Waals surface area contributed by atoms with Crippen molar-refractivity contribution in [2.75, 3.05) is 31.6 Å². The summed E-state index contributed by atoms with van der Waals surface area (Å²) in [4.78, 5) is 14.1. The molecule has 1 fully saturated rings. The highest BCUT2D eigenvalue weighted by molar-refractivity contribution is 9.11. The predicted molar refractivity (Wildman–Crippen MR) is 79.1 cm³/mol. The van der Waals surface area contributed by atoms with E-state index in [1.54, 1.807) is 0 Å². The Kier molecular flexibility index (Phi) is 3.68. The third kappa shape index (κ3) is 2.50. The Balaban J connectivity index is 1.87. The Morgan fingerprint density at radius 2 is 1.77 bits per heavy atom. The number of hydrogen-bond donors (Lipinski definition) is 0. The lowest BCUT2D eigenvalue weighted by Crippen LogP contribution is -2.51. The zero-order valence-electron chi connectivity index (χ0n) is 11.7. The summed E-state index contributed by atoms with van der Waals surface area (Å²) >= 11 is 3.40. The lowest BCUT2D eigenvalue weighted by molar-refractivity contribution is -0.137. The average molecular weight is 376 g/mol. The topological polar surface area (TPSA) is 26.8 Å². The fourth-order valence-corrected chi connectivity index (χ4v) is 3.42. The van der Waals surface area contributed by atoms with Crippen molar-refractivity contribution >= 4 is 27.5 Å². The molecule has 2 aliphatic heterocycles. The molecular formula is C14H13BrF3N3O. The highest BCUT2D eigenvalue weighted by Gasteiger charge is 2.38. The minimum Gasteiger partial charge on any atom is -0.305 e. The number of carbonyl (C=O) groups excluding carboxylic acids is 1. The first-order chi connectivity index (χ1) is 10.3. The molecule has 0 saturated carbocycles. The van der Waals surface area contributed by atoms with Crippen LogP contribution in [0.1, 0.15) is 5.56 Å². The maximum atomic E-state index is 12.6. The summed E-state index contributed by atoms with van der Waals surface area (Å²) in [7, 11) is 1.88. The molecule has 0 aliphatic carbocycles. The number of carbonyl (C=O) groups is 1. The van der Waals surface area contributed by atoms with Crippen LogP contribution in [0.25, 0.3) is 0 Å². The second-order valence-corrected chi connectivity index (χ2v) is 6.15. The number of hydrazine groups is 1. The number of piperazine rings is 1. The number of fused-ring (bicyclic) bond motifs is 1. The number of anilines is 1. The number of alkyl halides is 3. The van der Waals surface area contributed by atoms with Crippen molar-refractivity contribution in [1.29, 1.82) is 0 Å². The first kappa shape index (κ1) is 15.4. The van der Waals surface area contributed by atoms with Gasteiger partial charge in [0.25, 0.3) is 5.91 Å². The maximum Gasteiger partial charge on any atom is 0.416 e. The Morgan fingerprint density at radius 1 is 1.14 bits per heavy atom. The van der Waals surface area contributed by atoms with Crippen LogP contribution in [0.3, 0.4) is 0 Å². The van der Waals surface area contributed by atoms with Gasteiger partial charge in [0.15, 0.2) is 0 Å². The molecule has 1 aromatic rings. The van der Waals surface area contributed by atoms with Gasteiger partial charge in [0, 0.05) is 23.8 Å². The highest BCUT2D eigenvalue weighted by Crippen LogP contribution is 2.34. The van der Waals surface area contributed by atoms with Gasteiger partial charge in [0.2, 0.25) is 0 Å². The predicted octanol–water partition coefficient (Wildman–Crippen LogP) is 2.82. The van der Waals surface area contributed by atoms with Crippen LogP contribution in [0.15, 0.2) is 34.4 Å². The maximum absolute atomic E-state index is 12.6. The molecule has 1 saturated heterocycles. The highest BCUT2D eigenvalue weighted by atomic mass is 79.9. The number of hydrogen-bond acceptors (Lipinski definition) is 3. The van der Waals surface area contributed by atoms with Gasteiger partial charge in [0.1, 0.15) is 5.70 Å². The fourth-order valence-electron chi connectivity index (χ4n) is 2.68. The van der Waals surface area contributed by atoms with Crippen LogP contribution < -0.4 is 4.90 Å². The Bertz CT molecular complexity index is 642. The normalized spacial score (nSPS) is 20.0. The first-order valence-electron chi connectivity index (χ1n) is 6.65. The zero-order chi connectivity index (χ0) is 16.1. The molecule has 1 aromatic carbocycles. The van der Waals surface area contributed by atoms with Crippen LogP contribution in [0.5, 0.6) is 0 Å². The van der Waals surface area contributed by atoms with E-state index >= 15 is 0 Å². The monoisotopic (exact) mass is 375 g/mol. The van der Waals surface area contributed by atoms with Gasteiger partial charge in [-0.2, -0.15) is 13.2 Å². The molecule has 0 radical (unpaired) electrons.